The lowest BCUT2D eigenvalue weighted by Crippen LogP contribution is -2.27. The standard InChI is InChI=1S/C6H4Cl2.C4H8O3.2CH4N4.H3N/c7-5-2-1-3-6(8)4-5;1-2-7-3-4(5)6;2*2-4-1-5-3;/h1-4H;2-3H2,1H3,(H,5,6);2*1-2H,3H2;1H3. The van der Waals surface area contributed by atoms with Crippen molar-refractivity contribution in [1.29, 1.82) is 11.1 Å². The minimum absolute atomic E-state index is 0. The van der Waals surface area contributed by atoms with Crippen molar-refractivity contribution in [1.82, 2.24) is 6.15 Å². The molecule has 0 unspecified atom stereocenters. The van der Waals surface area contributed by atoms with Crippen LogP contribution in [0.3, 0.4) is 0 Å². The lowest BCUT2D eigenvalue weighted by atomic mass is 10.4. The van der Waals surface area contributed by atoms with E-state index in [1.165, 1.54) is 0 Å². The van der Waals surface area contributed by atoms with E-state index >= 15 is 0 Å². The van der Waals surface area contributed by atoms with E-state index in [2.05, 4.69) is 36.9 Å². The maximum atomic E-state index is 9.52. The molecule has 12 nitrogen and oxygen atoms in total. The highest BCUT2D eigenvalue weighted by molar-refractivity contribution is 6.34. The monoisotopic (exact) mass is 411 g/mol. The number of carboxylic acid groups (broad SMARTS) is 1. The number of hydrogen-bond donors (Lipinski definition) is 5. The summed E-state index contributed by atoms with van der Waals surface area (Å²) in [6, 6.07) is 7.08. The molecule has 14 heteroatoms. The molecule has 10 N–H and O–H groups in total. The zero-order chi connectivity index (χ0) is 19.9. The number of halogens is 2. The van der Waals surface area contributed by atoms with Gasteiger partial charge in [0.1, 0.15) is 0 Å². The number of nitrogens with zero attached hydrogens (tertiary/aromatic N) is 4. The summed E-state index contributed by atoms with van der Waals surface area (Å²) in [5.41, 5.74) is 12.0. The molecule has 0 amide bonds. The number of carboxylic acids is 1. The highest BCUT2D eigenvalue weighted by Gasteiger charge is 1.85. The van der Waals surface area contributed by atoms with E-state index in [1.54, 1.807) is 25.1 Å². The Bertz CT molecular complexity index is 497. The van der Waals surface area contributed by atoms with Crippen molar-refractivity contribution in [3.63, 3.8) is 0 Å². The van der Waals surface area contributed by atoms with Crippen molar-refractivity contribution in [2.24, 2.45) is 32.1 Å². The van der Waals surface area contributed by atoms with Crippen molar-refractivity contribution < 1.29 is 14.6 Å². The molecule has 0 atom stereocenters. The van der Waals surface area contributed by atoms with E-state index < -0.39 is 5.97 Å². The van der Waals surface area contributed by atoms with E-state index in [-0.39, 0.29) is 12.8 Å². The van der Waals surface area contributed by atoms with Crippen LogP contribution in [0.25, 0.3) is 0 Å². The first-order valence-corrected chi connectivity index (χ1v) is 7.00. The first-order valence-electron chi connectivity index (χ1n) is 6.24. The van der Waals surface area contributed by atoms with Crippen molar-refractivity contribution in [3.8, 4) is 0 Å². The summed E-state index contributed by atoms with van der Waals surface area (Å²) in [5, 5.41) is 22.0. The Morgan fingerprint density at radius 2 is 1.62 bits per heavy atom. The molecule has 0 radical (unpaired) electrons. The van der Waals surface area contributed by atoms with Crippen LogP contribution in [0.15, 0.2) is 44.7 Å². The van der Waals surface area contributed by atoms with Crippen LogP contribution in [0.2, 0.25) is 10.0 Å². The number of quaternary nitrogens is 1. The van der Waals surface area contributed by atoms with Crippen LogP contribution in [0.5, 0.6) is 0 Å². The SMILES string of the molecule is CCOCC(=O)[O-].Clc1cccc(Cl)c1.N=NC=NN.N=NC=NN.[NH4+]. The van der Waals surface area contributed by atoms with Gasteiger partial charge in [-0.1, -0.05) is 29.3 Å². The Morgan fingerprint density at radius 1 is 1.19 bits per heavy atom. The van der Waals surface area contributed by atoms with E-state index in [9.17, 15) is 9.90 Å². The number of rotatable bonds is 5. The quantitative estimate of drug-likeness (QED) is 0.160. The molecule has 0 aliphatic rings. The van der Waals surface area contributed by atoms with E-state index in [0.29, 0.717) is 16.7 Å². The number of hydrogen-bond acceptors (Lipinski definition) is 9. The summed E-state index contributed by atoms with van der Waals surface area (Å²) in [7, 11) is 0. The van der Waals surface area contributed by atoms with Crippen LogP contribution in [-0.2, 0) is 9.53 Å². The maximum absolute atomic E-state index is 9.52. The average Bonchev–Trinajstić information content (AvgIpc) is 2.56. The Labute approximate surface area is 160 Å². The van der Waals surface area contributed by atoms with Gasteiger partial charge in [0.05, 0.1) is 12.6 Å². The van der Waals surface area contributed by atoms with Gasteiger partial charge in [-0.25, -0.2) is 11.1 Å². The number of hydrazone groups is 2. The van der Waals surface area contributed by atoms with Crippen LogP contribution in [-0.4, -0.2) is 31.9 Å². The summed E-state index contributed by atoms with van der Waals surface area (Å²) < 4.78 is 4.43. The van der Waals surface area contributed by atoms with Crippen LogP contribution in [0, 0.1) is 11.1 Å². The number of benzene rings is 1. The minimum atomic E-state index is -1.16. The zero-order valence-electron chi connectivity index (χ0n) is 14.3. The molecule has 148 valence electrons. The fourth-order valence-corrected chi connectivity index (χ4v) is 1.15. The number of nitrogens with one attached hydrogen (secondary N) is 2. The Hall–Kier alpha value is -2.67. The summed E-state index contributed by atoms with van der Waals surface area (Å²) in [4.78, 5) is 9.52. The summed E-state index contributed by atoms with van der Waals surface area (Å²) in [6.07, 6.45) is 1.89. The Balaban J connectivity index is -0.000000126. The summed E-state index contributed by atoms with van der Waals surface area (Å²) in [6.45, 7) is 1.85. The van der Waals surface area contributed by atoms with Gasteiger partial charge in [-0.05, 0) is 25.1 Å². The zero-order valence-corrected chi connectivity index (χ0v) is 15.8. The summed E-state index contributed by atoms with van der Waals surface area (Å²) in [5.74, 6) is 7.82. The van der Waals surface area contributed by atoms with Crippen molar-refractivity contribution in [3.05, 3.63) is 34.3 Å². The van der Waals surface area contributed by atoms with Crippen molar-refractivity contribution >= 4 is 41.8 Å². The fourth-order valence-electron chi connectivity index (χ4n) is 0.712. The Kier molecular flexibility index (Phi) is 32.6. The molecule has 0 saturated carbocycles. The molecule has 26 heavy (non-hydrogen) atoms. The van der Waals surface area contributed by atoms with Crippen LogP contribution in [0.4, 0.5) is 0 Å². The van der Waals surface area contributed by atoms with Gasteiger partial charge in [0.15, 0.2) is 12.7 Å². The molecule has 1 rings (SSSR count). The largest absolute Gasteiger partial charge is 0.548 e. The molecule has 0 heterocycles. The highest BCUT2D eigenvalue weighted by Crippen LogP contribution is 2.13. The predicted molar refractivity (Wildman–Crippen MR) is 99.6 cm³/mol. The number of carbonyl (C=O) groups is 1. The predicted octanol–water partition coefficient (Wildman–Crippen LogP) is 1.98. The first kappa shape index (κ1) is 31.1. The molecule has 0 spiro atoms. The minimum Gasteiger partial charge on any atom is -0.548 e. The molecule has 0 bridgehead atoms. The molecule has 0 fully saturated rings. The molecule has 0 saturated heterocycles. The van der Waals surface area contributed by atoms with Gasteiger partial charge in [-0.2, -0.15) is 10.2 Å². The molecule has 1 aromatic carbocycles. The maximum Gasteiger partial charge on any atom is 0.156 e. The molecule has 0 aliphatic heterocycles. The molecular weight excluding hydrogens is 389 g/mol. The van der Waals surface area contributed by atoms with Crippen molar-refractivity contribution in [2.75, 3.05) is 13.2 Å². The Morgan fingerprint density at radius 3 is 1.73 bits per heavy atom. The molecule has 1 aromatic rings. The van der Waals surface area contributed by atoms with Gasteiger partial charge in [-0.3, -0.25) is 0 Å². The van der Waals surface area contributed by atoms with E-state index in [0.717, 1.165) is 12.7 Å². The van der Waals surface area contributed by atoms with Crippen LogP contribution in [0.1, 0.15) is 6.92 Å². The fraction of sp³-hybridized carbons (Fsp3) is 0.250. The highest BCUT2D eigenvalue weighted by atomic mass is 35.5. The topological polar surface area (TPSA) is 235 Å². The molecule has 0 aromatic heterocycles. The van der Waals surface area contributed by atoms with Gasteiger partial charge in [0.25, 0.3) is 0 Å². The van der Waals surface area contributed by atoms with Gasteiger partial charge < -0.3 is 32.5 Å². The number of nitrogens with two attached hydrogens (primary N) is 2. The number of ether oxygens (including phenoxy) is 1. The van der Waals surface area contributed by atoms with Crippen LogP contribution >= 0.6 is 23.2 Å². The third-order valence-electron chi connectivity index (χ3n) is 1.46. The molecular formula is C12H23Cl2N9O3. The van der Waals surface area contributed by atoms with Gasteiger partial charge in [0.2, 0.25) is 0 Å². The second-order valence-electron chi connectivity index (χ2n) is 3.24. The lowest BCUT2D eigenvalue weighted by Gasteiger charge is -1.98. The second kappa shape index (κ2) is 27.2. The molecule has 0 aliphatic carbocycles. The first-order chi connectivity index (χ1) is 11.9. The van der Waals surface area contributed by atoms with Crippen molar-refractivity contribution in [2.45, 2.75) is 6.92 Å². The smallest absolute Gasteiger partial charge is 0.156 e. The average molecular weight is 412 g/mol. The van der Waals surface area contributed by atoms with E-state index in [1.807, 2.05) is 6.07 Å². The van der Waals surface area contributed by atoms with E-state index in [4.69, 9.17) is 34.3 Å². The van der Waals surface area contributed by atoms with Gasteiger partial charge in [0, 0.05) is 16.7 Å². The number of carbonyl (C=O) groups excluding carboxylic acids is 1. The van der Waals surface area contributed by atoms with Gasteiger partial charge in [-0.15, -0.1) is 10.2 Å². The number of aliphatic carboxylic acids is 1. The normalized spacial score (nSPS) is 8.58. The third-order valence-corrected chi connectivity index (χ3v) is 1.93. The van der Waals surface area contributed by atoms with Crippen LogP contribution < -0.4 is 22.9 Å². The van der Waals surface area contributed by atoms with Gasteiger partial charge >= 0.3 is 0 Å². The lowest BCUT2D eigenvalue weighted by molar-refractivity contribution is -0.309. The second-order valence-corrected chi connectivity index (χ2v) is 4.11. The third kappa shape index (κ3) is 37.5. The summed E-state index contributed by atoms with van der Waals surface area (Å²) >= 11 is 11.1.